The average molecular weight is 505 g/mol. The molecule has 39 heavy (non-hydrogen) atoms. The molecule has 0 saturated carbocycles. The lowest BCUT2D eigenvalue weighted by atomic mass is 9.93. The lowest BCUT2D eigenvalue weighted by Crippen LogP contribution is -1.95. The summed E-state index contributed by atoms with van der Waals surface area (Å²) in [5, 5.41) is 13.1. The monoisotopic (exact) mass is 504 g/mol. The van der Waals surface area contributed by atoms with E-state index in [2.05, 4.69) is 106 Å². The molecule has 0 unspecified atom stereocenters. The van der Waals surface area contributed by atoms with Crippen molar-refractivity contribution in [3.8, 4) is 50.4 Å². The van der Waals surface area contributed by atoms with E-state index in [9.17, 15) is 0 Å². The minimum Gasteiger partial charge on any atom is -0.241 e. The fraction of sp³-hybridized carbons (Fsp3) is 0. The van der Waals surface area contributed by atoms with Crippen molar-refractivity contribution in [1.29, 1.82) is 0 Å². The van der Waals surface area contributed by atoms with E-state index >= 15 is 0 Å². The highest BCUT2D eigenvalue weighted by molar-refractivity contribution is 5.81. The molecule has 0 N–H and O–H groups in total. The van der Waals surface area contributed by atoms with Crippen LogP contribution in [0.4, 0.5) is 0 Å². The largest absolute Gasteiger partial charge is 0.241 e. The summed E-state index contributed by atoms with van der Waals surface area (Å²) in [6, 6.07) is 38.1. The Morgan fingerprint density at radius 3 is 0.846 bits per heavy atom. The van der Waals surface area contributed by atoms with E-state index in [0.29, 0.717) is 0 Å². The van der Waals surface area contributed by atoms with Crippen LogP contribution in [-0.2, 0) is 0 Å². The molecule has 0 aliphatic carbocycles. The normalized spacial score (nSPS) is 11.1. The second-order valence-electron chi connectivity index (χ2n) is 9.29. The standard InChI is InChI=1S/C33H24N6/c1-16-34-37(19-1)31-10-4-25(5-11-31)28-22-29(26-6-12-32(13-7-26)38-20-2-17-35-38)24-30(23-28)27-8-14-33(15-9-27)39-21-3-18-36-39/h1-24H. The molecule has 0 bridgehead atoms. The summed E-state index contributed by atoms with van der Waals surface area (Å²) in [6.07, 6.45) is 11.2. The molecule has 186 valence electrons. The molecule has 0 spiro atoms. The summed E-state index contributed by atoms with van der Waals surface area (Å²) in [4.78, 5) is 0. The Morgan fingerprint density at radius 1 is 0.333 bits per heavy atom. The third-order valence-electron chi connectivity index (χ3n) is 6.84. The van der Waals surface area contributed by atoms with Crippen molar-refractivity contribution in [3.63, 3.8) is 0 Å². The fourth-order valence-corrected chi connectivity index (χ4v) is 4.81. The van der Waals surface area contributed by atoms with Crippen molar-refractivity contribution in [2.24, 2.45) is 0 Å². The van der Waals surface area contributed by atoms with Crippen LogP contribution in [0.25, 0.3) is 50.4 Å². The van der Waals surface area contributed by atoms with Gasteiger partial charge in [0.15, 0.2) is 0 Å². The molecule has 4 aromatic carbocycles. The Kier molecular flexibility index (Phi) is 5.68. The van der Waals surface area contributed by atoms with Gasteiger partial charge in [-0.2, -0.15) is 15.3 Å². The molecule has 7 aromatic rings. The Bertz CT molecular complexity index is 1570. The molecule has 3 aromatic heterocycles. The van der Waals surface area contributed by atoms with E-state index < -0.39 is 0 Å². The van der Waals surface area contributed by atoms with Crippen LogP contribution in [0.3, 0.4) is 0 Å². The van der Waals surface area contributed by atoms with Crippen LogP contribution in [0.2, 0.25) is 0 Å². The predicted molar refractivity (Wildman–Crippen MR) is 154 cm³/mol. The van der Waals surface area contributed by atoms with Gasteiger partial charge in [-0.3, -0.25) is 0 Å². The van der Waals surface area contributed by atoms with Crippen LogP contribution in [0.15, 0.2) is 146 Å². The molecule has 6 nitrogen and oxygen atoms in total. The highest BCUT2D eigenvalue weighted by atomic mass is 15.3. The summed E-state index contributed by atoms with van der Waals surface area (Å²) in [5.41, 5.74) is 10.0. The maximum atomic E-state index is 4.35. The predicted octanol–water partition coefficient (Wildman–Crippen LogP) is 7.24. The zero-order valence-corrected chi connectivity index (χ0v) is 21.0. The van der Waals surface area contributed by atoms with Gasteiger partial charge in [0.05, 0.1) is 17.1 Å². The van der Waals surface area contributed by atoms with Gasteiger partial charge in [0.25, 0.3) is 0 Å². The van der Waals surface area contributed by atoms with Gasteiger partial charge in [-0.05, 0) is 106 Å². The number of benzene rings is 4. The van der Waals surface area contributed by atoms with Crippen molar-refractivity contribution in [2.45, 2.75) is 0 Å². The first kappa shape index (κ1) is 22.7. The number of nitrogens with zero attached hydrogens (tertiary/aromatic N) is 6. The van der Waals surface area contributed by atoms with E-state index in [4.69, 9.17) is 0 Å². The molecule has 0 saturated heterocycles. The molecule has 7 rings (SSSR count). The zero-order chi connectivity index (χ0) is 26.0. The Balaban J connectivity index is 1.30. The summed E-state index contributed by atoms with van der Waals surface area (Å²) < 4.78 is 5.61. The molecule has 0 fully saturated rings. The number of aromatic nitrogens is 6. The van der Waals surface area contributed by atoms with Gasteiger partial charge in [0.2, 0.25) is 0 Å². The van der Waals surface area contributed by atoms with Crippen molar-refractivity contribution >= 4 is 0 Å². The van der Waals surface area contributed by atoms with Crippen molar-refractivity contribution in [3.05, 3.63) is 146 Å². The summed E-state index contributed by atoms with van der Waals surface area (Å²) in [6.45, 7) is 0. The van der Waals surface area contributed by atoms with E-state index in [0.717, 1.165) is 50.4 Å². The van der Waals surface area contributed by atoms with Gasteiger partial charge in [-0.25, -0.2) is 14.0 Å². The highest BCUT2D eigenvalue weighted by Gasteiger charge is 2.09. The van der Waals surface area contributed by atoms with E-state index in [1.165, 1.54) is 0 Å². The van der Waals surface area contributed by atoms with E-state index in [1.807, 2.05) is 50.8 Å². The topological polar surface area (TPSA) is 53.5 Å². The molecule has 6 heteroatoms. The van der Waals surface area contributed by atoms with Gasteiger partial charge >= 0.3 is 0 Å². The van der Waals surface area contributed by atoms with Gasteiger partial charge < -0.3 is 0 Å². The van der Waals surface area contributed by atoms with E-state index in [1.54, 1.807) is 18.6 Å². The maximum Gasteiger partial charge on any atom is 0.0645 e. The Hall–Kier alpha value is -5.49. The maximum absolute atomic E-state index is 4.35. The molecular formula is C33H24N6. The average Bonchev–Trinajstić information content (AvgIpc) is 3.82. The number of rotatable bonds is 6. The van der Waals surface area contributed by atoms with Crippen LogP contribution in [0, 0.1) is 0 Å². The molecule has 0 amide bonds. The zero-order valence-electron chi connectivity index (χ0n) is 21.0. The molecular weight excluding hydrogens is 480 g/mol. The first-order chi connectivity index (χ1) is 19.3. The quantitative estimate of drug-likeness (QED) is 0.240. The minimum atomic E-state index is 1.03. The third kappa shape index (κ3) is 4.55. The first-order valence-electron chi connectivity index (χ1n) is 12.8. The van der Waals surface area contributed by atoms with E-state index in [-0.39, 0.29) is 0 Å². The Morgan fingerprint density at radius 2 is 0.615 bits per heavy atom. The van der Waals surface area contributed by atoms with Crippen LogP contribution in [0.5, 0.6) is 0 Å². The SMILES string of the molecule is c1cnn(-c2ccc(-c3cc(-c4ccc(-n5cccn5)cc4)cc(-c4ccc(-n5cccn5)cc4)c3)cc2)c1. The second kappa shape index (κ2) is 9.76. The summed E-state index contributed by atoms with van der Waals surface area (Å²) in [7, 11) is 0. The molecule has 0 radical (unpaired) electrons. The number of hydrogen-bond donors (Lipinski definition) is 0. The lowest BCUT2D eigenvalue weighted by Gasteiger charge is -2.13. The van der Waals surface area contributed by atoms with Gasteiger partial charge in [-0.1, -0.05) is 36.4 Å². The minimum absolute atomic E-state index is 1.03. The molecule has 0 atom stereocenters. The lowest BCUT2D eigenvalue weighted by molar-refractivity contribution is 0.881. The van der Waals surface area contributed by atoms with Crippen LogP contribution >= 0.6 is 0 Å². The van der Waals surface area contributed by atoms with Gasteiger partial charge in [0.1, 0.15) is 0 Å². The Labute approximate surface area is 226 Å². The van der Waals surface area contributed by atoms with Crippen molar-refractivity contribution in [2.75, 3.05) is 0 Å². The summed E-state index contributed by atoms with van der Waals surface area (Å²) in [5.74, 6) is 0. The van der Waals surface area contributed by atoms with Crippen molar-refractivity contribution < 1.29 is 0 Å². The molecule has 0 aliphatic heterocycles. The second-order valence-corrected chi connectivity index (χ2v) is 9.29. The first-order valence-corrected chi connectivity index (χ1v) is 12.8. The third-order valence-corrected chi connectivity index (χ3v) is 6.84. The number of hydrogen-bond acceptors (Lipinski definition) is 3. The van der Waals surface area contributed by atoms with Gasteiger partial charge in [0, 0.05) is 37.2 Å². The molecule has 3 heterocycles. The van der Waals surface area contributed by atoms with Crippen LogP contribution in [-0.4, -0.2) is 29.3 Å². The van der Waals surface area contributed by atoms with Gasteiger partial charge in [-0.15, -0.1) is 0 Å². The van der Waals surface area contributed by atoms with Crippen LogP contribution < -0.4 is 0 Å². The summed E-state index contributed by atoms with van der Waals surface area (Å²) >= 11 is 0. The van der Waals surface area contributed by atoms with Crippen molar-refractivity contribution in [1.82, 2.24) is 29.3 Å². The molecule has 0 aliphatic rings. The smallest absolute Gasteiger partial charge is 0.0645 e. The fourth-order valence-electron chi connectivity index (χ4n) is 4.81. The van der Waals surface area contributed by atoms with Crippen LogP contribution in [0.1, 0.15) is 0 Å². The highest BCUT2D eigenvalue weighted by Crippen LogP contribution is 2.34.